The number of rotatable bonds is 4. The van der Waals surface area contributed by atoms with E-state index in [1.54, 1.807) is 7.11 Å². The van der Waals surface area contributed by atoms with Crippen LogP contribution in [-0.4, -0.2) is 37.0 Å². The predicted octanol–water partition coefficient (Wildman–Crippen LogP) is 1.99. The highest BCUT2D eigenvalue weighted by Gasteiger charge is 2.35. The Balaban J connectivity index is 0.00000200. The van der Waals surface area contributed by atoms with Gasteiger partial charge in [0.25, 0.3) is 5.91 Å². The zero-order valence-electron chi connectivity index (χ0n) is 12.0. The number of hydrogen-bond donors (Lipinski definition) is 1. The molecule has 0 bridgehead atoms. The molecule has 1 aliphatic rings. The van der Waals surface area contributed by atoms with Crippen LogP contribution in [0.1, 0.15) is 25.0 Å². The van der Waals surface area contributed by atoms with Crippen LogP contribution >= 0.6 is 12.4 Å². The van der Waals surface area contributed by atoms with Gasteiger partial charge < -0.3 is 15.4 Å². The van der Waals surface area contributed by atoms with E-state index in [0.717, 1.165) is 18.5 Å². The SMILES string of the molecule is COC(C(=O)N1CC(CN)CC1C)c1ccccc1.Cl. The van der Waals surface area contributed by atoms with E-state index in [4.69, 9.17) is 10.5 Å². The minimum Gasteiger partial charge on any atom is -0.367 e. The molecule has 1 amide bonds. The van der Waals surface area contributed by atoms with Crippen LogP contribution < -0.4 is 5.73 Å². The van der Waals surface area contributed by atoms with Crippen molar-refractivity contribution < 1.29 is 9.53 Å². The number of methoxy groups -OCH3 is 1. The van der Waals surface area contributed by atoms with Crippen molar-refractivity contribution in [1.29, 1.82) is 0 Å². The summed E-state index contributed by atoms with van der Waals surface area (Å²) in [7, 11) is 1.58. The van der Waals surface area contributed by atoms with Crippen molar-refractivity contribution >= 4 is 18.3 Å². The normalized spacial score (nSPS) is 23.2. The second-order valence-corrected chi connectivity index (χ2v) is 5.20. The van der Waals surface area contributed by atoms with E-state index in [-0.39, 0.29) is 24.4 Å². The summed E-state index contributed by atoms with van der Waals surface area (Å²) < 4.78 is 5.41. The Morgan fingerprint density at radius 3 is 2.60 bits per heavy atom. The quantitative estimate of drug-likeness (QED) is 0.925. The number of nitrogens with zero attached hydrogens (tertiary/aromatic N) is 1. The van der Waals surface area contributed by atoms with Gasteiger partial charge in [-0.2, -0.15) is 0 Å². The number of halogens is 1. The molecule has 1 aromatic carbocycles. The Morgan fingerprint density at radius 2 is 2.10 bits per heavy atom. The lowest BCUT2D eigenvalue weighted by molar-refractivity contribution is -0.143. The smallest absolute Gasteiger partial charge is 0.256 e. The van der Waals surface area contributed by atoms with Crippen molar-refractivity contribution in [2.75, 3.05) is 20.2 Å². The minimum atomic E-state index is -0.514. The van der Waals surface area contributed by atoms with Gasteiger partial charge in [0.1, 0.15) is 0 Å². The van der Waals surface area contributed by atoms with Gasteiger partial charge in [-0.3, -0.25) is 4.79 Å². The predicted molar refractivity (Wildman–Crippen MR) is 81.8 cm³/mol. The fraction of sp³-hybridized carbons (Fsp3) is 0.533. The molecule has 1 fully saturated rings. The largest absolute Gasteiger partial charge is 0.367 e. The number of ether oxygens (including phenoxy) is 1. The molecule has 112 valence electrons. The lowest BCUT2D eigenvalue weighted by atomic mass is 10.1. The first kappa shape index (κ1) is 17.0. The topological polar surface area (TPSA) is 55.6 Å². The monoisotopic (exact) mass is 298 g/mol. The second kappa shape index (κ2) is 7.62. The van der Waals surface area contributed by atoms with E-state index in [9.17, 15) is 4.79 Å². The number of amides is 1. The molecule has 3 unspecified atom stereocenters. The number of nitrogens with two attached hydrogens (primary N) is 1. The number of carbonyl (C=O) groups excluding carboxylic acids is 1. The highest BCUT2D eigenvalue weighted by atomic mass is 35.5. The molecule has 0 aromatic heterocycles. The van der Waals surface area contributed by atoms with Crippen LogP contribution in [0.25, 0.3) is 0 Å². The Bertz CT molecular complexity index is 427. The summed E-state index contributed by atoms with van der Waals surface area (Å²) in [5.41, 5.74) is 6.61. The number of likely N-dealkylation sites (tertiary alicyclic amines) is 1. The number of carbonyl (C=O) groups is 1. The Hall–Kier alpha value is -1.10. The summed E-state index contributed by atoms with van der Waals surface area (Å²) in [4.78, 5) is 14.5. The van der Waals surface area contributed by atoms with Crippen LogP contribution in [0.4, 0.5) is 0 Å². The number of benzene rings is 1. The molecule has 2 N–H and O–H groups in total. The fourth-order valence-corrected chi connectivity index (χ4v) is 2.78. The molecule has 1 heterocycles. The van der Waals surface area contributed by atoms with Crippen LogP contribution in [0.5, 0.6) is 0 Å². The molecular weight excluding hydrogens is 276 g/mol. The summed E-state index contributed by atoms with van der Waals surface area (Å²) in [5.74, 6) is 0.448. The molecule has 0 saturated carbocycles. The summed E-state index contributed by atoms with van der Waals surface area (Å²) in [6.07, 6.45) is 0.466. The molecule has 0 aliphatic carbocycles. The minimum absolute atomic E-state index is 0. The molecule has 3 atom stereocenters. The average Bonchev–Trinajstić information content (AvgIpc) is 2.82. The molecule has 0 spiro atoms. The van der Waals surface area contributed by atoms with Crippen LogP contribution in [0, 0.1) is 5.92 Å². The summed E-state index contributed by atoms with van der Waals surface area (Å²) in [5, 5.41) is 0. The van der Waals surface area contributed by atoms with Crippen LogP contribution in [-0.2, 0) is 9.53 Å². The van der Waals surface area contributed by atoms with Gasteiger partial charge in [-0.25, -0.2) is 0 Å². The van der Waals surface area contributed by atoms with Crippen molar-refractivity contribution in [2.24, 2.45) is 11.7 Å². The van der Waals surface area contributed by atoms with Gasteiger partial charge in [0, 0.05) is 19.7 Å². The first-order valence-corrected chi connectivity index (χ1v) is 6.75. The van der Waals surface area contributed by atoms with Gasteiger partial charge in [-0.15, -0.1) is 12.4 Å². The lowest BCUT2D eigenvalue weighted by Gasteiger charge is -2.26. The number of hydrogen-bond acceptors (Lipinski definition) is 3. The highest BCUT2D eigenvalue weighted by molar-refractivity contribution is 5.85. The van der Waals surface area contributed by atoms with Crippen LogP contribution in [0.15, 0.2) is 30.3 Å². The first-order valence-electron chi connectivity index (χ1n) is 6.75. The summed E-state index contributed by atoms with van der Waals surface area (Å²) >= 11 is 0. The van der Waals surface area contributed by atoms with E-state index in [1.807, 2.05) is 35.2 Å². The van der Waals surface area contributed by atoms with Gasteiger partial charge in [0.15, 0.2) is 6.10 Å². The molecule has 20 heavy (non-hydrogen) atoms. The maximum Gasteiger partial charge on any atom is 0.256 e. The summed E-state index contributed by atoms with van der Waals surface area (Å²) in [6.45, 7) is 3.45. The van der Waals surface area contributed by atoms with Gasteiger partial charge in [0.2, 0.25) is 0 Å². The molecule has 1 aliphatic heterocycles. The van der Waals surface area contributed by atoms with E-state index in [1.165, 1.54) is 0 Å². The second-order valence-electron chi connectivity index (χ2n) is 5.20. The highest BCUT2D eigenvalue weighted by Crippen LogP contribution is 2.27. The zero-order chi connectivity index (χ0) is 13.8. The molecule has 1 saturated heterocycles. The van der Waals surface area contributed by atoms with Crippen LogP contribution in [0.3, 0.4) is 0 Å². The molecule has 2 rings (SSSR count). The third kappa shape index (κ3) is 3.51. The molecular formula is C15H23ClN2O2. The van der Waals surface area contributed by atoms with Crippen molar-refractivity contribution in [3.05, 3.63) is 35.9 Å². The van der Waals surface area contributed by atoms with E-state index < -0.39 is 6.10 Å². The van der Waals surface area contributed by atoms with E-state index in [0.29, 0.717) is 12.5 Å². The van der Waals surface area contributed by atoms with Gasteiger partial charge in [-0.05, 0) is 31.4 Å². The maximum absolute atomic E-state index is 12.6. The third-order valence-electron chi connectivity index (χ3n) is 3.84. The molecule has 1 aromatic rings. The Morgan fingerprint density at radius 1 is 1.45 bits per heavy atom. The third-order valence-corrected chi connectivity index (χ3v) is 3.84. The maximum atomic E-state index is 12.6. The van der Waals surface area contributed by atoms with Crippen LogP contribution in [0.2, 0.25) is 0 Å². The van der Waals surface area contributed by atoms with Gasteiger partial charge in [0.05, 0.1) is 0 Å². The Kier molecular flexibility index (Phi) is 6.46. The van der Waals surface area contributed by atoms with E-state index in [2.05, 4.69) is 6.92 Å². The first-order chi connectivity index (χ1) is 9.17. The fourth-order valence-electron chi connectivity index (χ4n) is 2.78. The standard InChI is InChI=1S/C15H22N2O2.ClH/c1-11-8-12(9-16)10-17(11)15(18)14(19-2)13-6-4-3-5-7-13;/h3-7,11-12,14H,8-10,16H2,1-2H3;1H. The lowest BCUT2D eigenvalue weighted by Crippen LogP contribution is -2.38. The summed E-state index contributed by atoms with van der Waals surface area (Å²) in [6, 6.07) is 9.86. The van der Waals surface area contributed by atoms with Crippen molar-refractivity contribution in [3.63, 3.8) is 0 Å². The average molecular weight is 299 g/mol. The molecule has 0 radical (unpaired) electrons. The van der Waals surface area contributed by atoms with E-state index >= 15 is 0 Å². The van der Waals surface area contributed by atoms with Gasteiger partial charge >= 0.3 is 0 Å². The van der Waals surface area contributed by atoms with Crippen molar-refractivity contribution in [1.82, 2.24) is 4.90 Å². The zero-order valence-corrected chi connectivity index (χ0v) is 12.8. The molecule has 4 nitrogen and oxygen atoms in total. The Labute approximate surface area is 126 Å². The van der Waals surface area contributed by atoms with Crippen molar-refractivity contribution in [2.45, 2.75) is 25.5 Å². The molecule has 5 heteroatoms. The van der Waals surface area contributed by atoms with Crippen molar-refractivity contribution in [3.8, 4) is 0 Å². The van der Waals surface area contributed by atoms with Gasteiger partial charge in [-0.1, -0.05) is 30.3 Å².